The van der Waals surface area contributed by atoms with Crippen molar-refractivity contribution < 1.29 is 4.39 Å². The van der Waals surface area contributed by atoms with Gasteiger partial charge in [0.15, 0.2) is 0 Å². The average Bonchev–Trinajstić information content (AvgIpc) is 2.08. The highest BCUT2D eigenvalue weighted by molar-refractivity contribution is 6.30. The summed E-state index contributed by atoms with van der Waals surface area (Å²) in [6, 6.07) is 4.74. The van der Waals surface area contributed by atoms with Crippen molar-refractivity contribution in [3.63, 3.8) is 0 Å². The molecule has 0 unspecified atom stereocenters. The second-order valence-electron chi connectivity index (χ2n) is 2.09. The molecule has 0 saturated carbocycles. The van der Waals surface area contributed by atoms with Gasteiger partial charge < -0.3 is 0 Å². The van der Waals surface area contributed by atoms with Gasteiger partial charge in [-0.15, -0.1) is 0 Å². The number of rotatable bonds is 1. The van der Waals surface area contributed by atoms with Crippen LogP contribution in [-0.4, -0.2) is 0 Å². The summed E-state index contributed by atoms with van der Waals surface area (Å²) in [6.07, 6.45) is 0.711. The normalized spacial score (nSPS) is 8.75. The molecule has 0 aliphatic carbocycles. The topological polar surface area (TPSA) is 0 Å². The van der Waals surface area contributed by atoms with Crippen molar-refractivity contribution in [3.05, 3.63) is 34.6 Å². The highest BCUT2D eigenvalue weighted by Gasteiger charge is 1.98. The summed E-state index contributed by atoms with van der Waals surface area (Å²) in [5, 5.41) is 0.453. The molecule has 0 heterocycles. The van der Waals surface area contributed by atoms with Gasteiger partial charge in [-0.05, 0) is 24.1 Å². The third-order valence-corrected chi connectivity index (χ3v) is 1.63. The highest BCUT2D eigenvalue weighted by atomic mass is 35.5. The molecule has 0 nitrogen and oxygen atoms in total. The molecule has 1 aromatic rings. The van der Waals surface area contributed by atoms with E-state index in [1.54, 1.807) is 12.1 Å². The van der Waals surface area contributed by atoms with Crippen LogP contribution in [0, 0.1) is 5.82 Å². The summed E-state index contributed by atoms with van der Waals surface area (Å²) in [7, 11) is 0. The molecule has 0 aliphatic heterocycles. The molecule has 1 aromatic carbocycles. The number of aryl methyl sites for hydroxylation is 1. The van der Waals surface area contributed by atoms with Crippen LogP contribution in [0.3, 0.4) is 0 Å². The lowest BCUT2D eigenvalue weighted by atomic mass is 10.2. The quantitative estimate of drug-likeness (QED) is 0.624. The first-order chi connectivity index (χ1) is 5.74. The largest absolute Gasteiger partial charge is 0.207 e. The molecule has 0 spiro atoms. The zero-order chi connectivity index (χ0) is 9.56. The Morgan fingerprint density at radius 3 is 2.33 bits per heavy atom. The fraction of sp³-hybridized carbons (Fsp3) is 0.400. The number of halogens is 2. The molecule has 0 fully saturated rings. The summed E-state index contributed by atoms with van der Waals surface area (Å²) in [4.78, 5) is 0. The summed E-state index contributed by atoms with van der Waals surface area (Å²) >= 11 is 5.53. The zero-order valence-corrected chi connectivity index (χ0v) is 8.45. The van der Waals surface area contributed by atoms with Crippen molar-refractivity contribution in [2.75, 3.05) is 0 Å². The van der Waals surface area contributed by atoms with E-state index >= 15 is 0 Å². The fourth-order valence-corrected chi connectivity index (χ4v) is 0.967. The zero-order valence-electron chi connectivity index (χ0n) is 7.70. The second kappa shape index (κ2) is 6.01. The van der Waals surface area contributed by atoms with Gasteiger partial charge in [0.1, 0.15) is 5.82 Å². The number of hydrogen-bond donors (Lipinski definition) is 0. The van der Waals surface area contributed by atoms with E-state index in [9.17, 15) is 4.39 Å². The van der Waals surface area contributed by atoms with Crippen molar-refractivity contribution in [1.29, 1.82) is 0 Å². The third kappa shape index (κ3) is 3.22. The summed E-state index contributed by atoms with van der Waals surface area (Å²) in [5.41, 5.74) is 0.712. The lowest BCUT2D eigenvalue weighted by molar-refractivity contribution is 0.612. The minimum absolute atomic E-state index is 0.213. The molecular weight excluding hydrogens is 175 g/mol. The van der Waals surface area contributed by atoms with Crippen LogP contribution in [0.4, 0.5) is 4.39 Å². The number of benzene rings is 1. The molecule has 0 aromatic heterocycles. The fourth-order valence-electron chi connectivity index (χ4n) is 0.808. The highest BCUT2D eigenvalue weighted by Crippen LogP contribution is 2.14. The predicted molar refractivity (Wildman–Crippen MR) is 52.1 cm³/mol. The lowest BCUT2D eigenvalue weighted by Gasteiger charge is -1.97. The minimum Gasteiger partial charge on any atom is -0.207 e. The monoisotopic (exact) mass is 188 g/mol. The summed E-state index contributed by atoms with van der Waals surface area (Å²) in [5.74, 6) is -0.213. The standard InChI is InChI=1S/C8H8ClF.C2H6/c1-2-6-3-4-7(9)5-8(6)10;1-2/h3-5H,2H2,1H3;1-2H3. The van der Waals surface area contributed by atoms with Gasteiger partial charge in [-0.2, -0.15) is 0 Å². The summed E-state index contributed by atoms with van der Waals surface area (Å²) in [6.45, 7) is 5.91. The van der Waals surface area contributed by atoms with Crippen molar-refractivity contribution in [2.45, 2.75) is 27.2 Å². The Morgan fingerprint density at radius 1 is 1.33 bits per heavy atom. The van der Waals surface area contributed by atoms with Gasteiger partial charge >= 0.3 is 0 Å². The Bertz CT molecular complexity index is 233. The van der Waals surface area contributed by atoms with E-state index in [4.69, 9.17) is 11.6 Å². The van der Waals surface area contributed by atoms with Gasteiger partial charge in [0.25, 0.3) is 0 Å². The van der Waals surface area contributed by atoms with E-state index in [0.717, 1.165) is 0 Å². The second-order valence-corrected chi connectivity index (χ2v) is 2.53. The van der Waals surface area contributed by atoms with Crippen molar-refractivity contribution in [2.24, 2.45) is 0 Å². The molecule has 0 aliphatic rings. The van der Waals surface area contributed by atoms with Gasteiger partial charge in [0.2, 0.25) is 0 Å². The Kier molecular flexibility index (Phi) is 5.73. The molecule has 2 heteroatoms. The number of hydrogen-bond acceptors (Lipinski definition) is 0. The van der Waals surface area contributed by atoms with Crippen LogP contribution >= 0.6 is 11.6 Å². The van der Waals surface area contributed by atoms with Crippen LogP contribution in [-0.2, 0) is 6.42 Å². The molecule has 0 saturated heterocycles. The van der Waals surface area contributed by atoms with Crippen molar-refractivity contribution >= 4 is 11.6 Å². The maximum Gasteiger partial charge on any atom is 0.127 e. The molecule has 0 amide bonds. The Morgan fingerprint density at radius 2 is 1.92 bits per heavy atom. The molecule has 68 valence electrons. The van der Waals surface area contributed by atoms with Crippen LogP contribution in [0.25, 0.3) is 0 Å². The first kappa shape index (κ1) is 11.4. The van der Waals surface area contributed by atoms with Crippen LogP contribution in [0.2, 0.25) is 5.02 Å². The molecular formula is C10H14ClF. The van der Waals surface area contributed by atoms with E-state index in [2.05, 4.69) is 0 Å². The molecule has 0 N–H and O–H groups in total. The van der Waals surface area contributed by atoms with E-state index in [1.165, 1.54) is 6.07 Å². The predicted octanol–water partition coefficient (Wildman–Crippen LogP) is 4.07. The van der Waals surface area contributed by atoms with E-state index < -0.39 is 0 Å². The van der Waals surface area contributed by atoms with Gasteiger partial charge in [0, 0.05) is 5.02 Å². The SMILES string of the molecule is CC.CCc1ccc(Cl)cc1F. The van der Waals surface area contributed by atoms with Crippen LogP contribution in [0.1, 0.15) is 26.3 Å². The smallest absolute Gasteiger partial charge is 0.127 e. The van der Waals surface area contributed by atoms with Crippen molar-refractivity contribution in [1.82, 2.24) is 0 Å². The van der Waals surface area contributed by atoms with Crippen LogP contribution in [0.5, 0.6) is 0 Å². The van der Waals surface area contributed by atoms with E-state index in [1.807, 2.05) is 20.8 Å². The molecule has 12 heavy (non-hydrogen) atoms. The first-order valence-corrected chi connectivity index (χ1v) is 4.55. The first-order valence-electron chi connectivity index (χ1n) is 4.18. The van der Waals surface area contributed by atoms with Crippen molar-refractivity contribution in [3.8, 4) is 0 Å². The lowest BCUT2D eigenvalue weighted by Crippen LogP contribution is -1.85. The molecule has 0 radical (unpaired) electrons. The molecule has 0 bridgehead atoms. The molecule has 1 rings (SSSR count). The van der Waals surface area contributed by atoms with Crippen LogP contribution in [0.15, 0.2) is 18.2 Å². The Balaban J connectivity index is 0.000000561. The molecule has 0 atom stereocenters. The van der Waals surface area contributed by atoms with Crippen LogP contribution < -0.4 is 0 Å². The van der Waals surface area contributed by atoms with Gasteiger partial charge in [0.05, 0.1) is 0 Å². The summed E-state index contributed by atoms with van der Waals surface area (Å²) < 4.78 is 12.8. The Hall–Kier alpha value is -0.560. The van der Waals surface area contributed by atoms with Gasteiger partial charge in [-0.1, -0.05) is 38.4 Å². The Labute approximate surface area is 78.4 Å². The maximum absolute atomic E-state index is 12.8. The van der Waals surface area contributed by atoms with E-state index in [0.29, 0.717) is 17.0 Å². The van der Waals surface area contributed by atoms with E-state index in [-0.39, 0.29) is 5.82 Å². The third-order valence-electron chi connectivity index (χ3n) is 1.40. The average molecular weight is 189 g/mol. The van der Waals surface area contributed by atoms with Gasteiger partial charge in [-0.3, -0.25) is 0 Å². The minimum atomic E-state index is -0.213. The van der Waals surface area contributed by atoms with Gasteiger partial charge in [-0.25, -0.2) is 4.39 Å². The maximum atomic E-state index is 12.8.